The minimum atomic E-state index is -0.435. The average Bonchev–Trinajstić information content (AvgIpc) is 1.62. The summed E-state index contributed by atoms with van der Waals surface area (Å²) < 4.78 is 0.135. The number of hydrogen-bond acceptors (Lipinski definition) is 2. The Morgan fingerprint density at radius 3 is 2.00 bits per heavy atom. The normalized spacial score (nSPS) is 16.1. The first-order valence-corrected chi connectivity index (χ1v) is 2.78. The maximum Gasteiger partial charge on any atom is 0.207 e. The van der Waals surface area contributed by atoms with E-state index >= 15 is 0 Å². The van der Waals surface area contributed by atoms with E-state index in [4.69, 9.17) is 10.9 Å². The van der Waals surface area contributed by atoms with E-state index in [9.17, 15) is 0 Å². The smallest absolute Gasteiger partial charge is 0.207 e. The fraction of sp³-hybridized carbons (Fsp3) is 1.00. The van der Waals surface area contributed by atoms with Crippen LogP contribution < -0.4 is 5.84 Å². The molecule has 0 saturated carbocycles. The zero-order chi connectivity index (χ0) is 6.78. The predicted molar refractivity (Wildman–Crippen MR) is 32.6 cm³/mol. The molecule has 0 rings (SSSR count). The lowest BCUT2D eigenvalue weighted by Crippen LogP contribution is -2.54. The van der Waals surface area contributed by atoms with Crippen molar-refractivity contribution in [2.75, 3.05) is 14.1 Å². The van der Waals surface area contributed by atoms with Gasteiger partial charge in [0.05, 0.1) is 14.1 Å². The Bertz CT molecular complexity index is 67.3. The molecule has 0 aromatic heterocycles. The molecule has 0 amide bonds. The van der Waals surface area contributed by atoms with Gasteiger partial charge in [-0.05, 0) is 0 Å². The Labute approximate surface area is 50.3 Å². The van der Waals surface area contributed by atoms with E-state index in [1.807, 2.05) is 6.92 Å². The predicted octanol–water partition coefficient (Wildman–Crippen LogP) is -0.335. The van der Waals surface area contributed by atoms with Crippen LogP contribution in [-0.4, -0.2) is 30.0 Å². The second-order valence-electron chi connectivity index (χ2n) is 2.52. The van der Waals surface area contributed by atoms with Gasteiger partial charge in [0.1, 0.15) is 0 Å². The van der Waals surface area contributed by atoms with Gasteiger partial charge in [-0.15, -0.1) is 0 Å². The second kappa shape index (κ2) is 2.44. The summed E-state index contributed by atoms with van der Waals surface area (Å²) in [5.41, 5.74) is 0. The fourth-order valence-electron chi connectivity index (χ4n) is 0.471. The lowest BCUT2D eigenvalue weighted by molar-refractivity contribution is -0.948. The van der Waals surface area contributed by atoms with Gasteiger partial charge < -0.3 is 5.11 Å². The topological polar surface area (TPSA) is 46.2 Å². The molecule has 8 heavy (non-hydrogen) atoms. The number of aliphatic hydroxyl groups excluding tert-OH is 1. The van der Waals surface area contributed by atoms with Gasteiger partial charge in [-0.3, -0.25) is 0 Å². The molecule has 0 aromatic rings. The molecule has 1 unspecified atom stereocenters. The summed E-state index contributed by atoms with van der Waals surface area (Å²) in [5, 5.41) is 9.04. The summed E-state index contributed by atoms with van der Waals surface area (Å²) in [6.45, 7) is 1.90. The standard InChI is InChI=1S/C5H15N2O/c1-4-5(8)7(2,3)6/h5,8H,4,6H2,1-3H3/q+1. The number of quaternary nitrogens is 1. The molecule has 0 radical (unpaired) electrons. The third kappa shape index (κ3) is 2.26. The summed E-state index contributed by atoms with van der Waals surface area (Å²) >= 11 is 0. The molecule has 3 heteroatoms. The van der Waals surface area contributed by atoms with Crippen LogP contribution in [0.25, 0.3) is 0 Å². The molecule has 3 nitrogen and oxygen atoms in total. The molecule has 0 aliphatic carbocycles. The maximum atomic E-state index is 9.04. The van der Waals surface area contributed by atoms with E-state index in [-0.39, 0.29) is 4.59 Å². The lowest BCUT2D eigenvalue weighted by Gasteiger charge is -2.27. The van der Waals surface area contributed by atoms with Crippen LogP contribution in [0.1, 0.15) is 13.3 Å². The summed E-state index contributed by atoms with van der Waals surface area (Å²) in [6, 6.07) is 0. The molecule has 0 bridgehead atoms. The zero-order valence-corrected chi connectivity index (χ0v) is 5.76. The van der Waals surface area contributed by atoms with Crippen LogP contribution in [0.4, 0.5) is 0 Å². The summed E-state index contributed by atoms with van der Waals surface area (Å²) in [5.74, 6) is 5.48. The number of rotatable bonds is 2. The molecular weight excluding hydrogens is 104 g/mol. The van der Waals surface area contributed by atoms with Crippen molar-refractivity contribution in [3.63, 3.8) is 0 Å². The Kier molecular flexibility index (Phi) is 2.40. The van der Waals surface area contributed by atoms with Crippen LogP contribution in [-0.2, 0) is 0 Å². The molecule has 0 spiro atoms. The number of nitrogens with two attached hydrogens (primary N) is 1. The highest BCUT2D eigenvalue weighted by Gasteiger charge is 2.18. The first kappa shape index (κ1) is 7.88. The van der Waals surface area contributed by atoms with Gasteiger partial charge >= 0.3 is 0 Å². The van der Waals surface area contributed by atoms with Gasteiger partial charge in [0.25, 0.3) is 0 Å². The summed E-state index contributed by atoms with van der Waals surface area (Å²) in [4.78, 5) is 0. The van der Waals surface area contributed by atoms with E-state index in [0.29, 0.717) is 6.42 Å². The van der Waals surface area contributed by atoms with E-state index in [1.54, 1.807) is 14.1 Å². The molecule has 0 aliphatic rings. The minimum absolute atomic E-state index is 0.135. The van der Waals surface area contributed by atoms with Crippen LogP contribution in [0.15, 0.2) is 0 Å². The maximum absolute atomic E-state index is 9.04. The highest BCUT2D eigenvalue weighted by molar-refractivity contribution is 4.29. The molecule has 1 atom stereocenters. The van der Waals surface area contributed by atoms with Gasteiger partial charge in [0, 0.05) is 6.42 Å². The van der Waals surface area contributed by atoms with Crippen molar-refractivity contribution < 1.29 is 9.70 Å². The van der Waals surface area contributed by atoms with Gasteiger partial charge in [-0.25, -0.2) is 4.59 Å². The van der Waals surface area contributed by atoms with E-state index < -0.39 is 6.23 Å². The molecule has 50 valence electrons. The van der Waals surface area contributed by atoms with Crippen LogP contribution in [0.5, 0.6) is 0 Å². The van der Waals surface area contributed by atoms with Crippen LogP contribution in [0.3, 0.4) is 0 Å². The minimum Gasteiger partial charge on any atom is -0.343 e. The van der Waals surface area contributed by atoms with E-state index in [0.717, 1.165) is 0 Å². The highest BCUT2D eigenvalue weighted by atomic mass is 16.3. The fourth-order valence-corrected chi connectivity index (χ4v) is 0.471. The Hall–Kier alpha value is -0.120. The van der Waals surface area contributed by atoms with Crippen molar-refractivity contribution >= 4 is 0 Å². The number of hydrogen-bond donors (Lipinski definition) is 2. The first-order valence-electron chi connectivity index (χ1n) is 2.78. The average molecular weight is 119 g/mol. The van der Waals surface area contributed by atoms with Crippen LogP contribution in [0, 0.1) is 0 Å². The molecule has 0 saturated heterocycles. The first-order chi connectivity index (χ1) is 3.48. The second-order valence-corrected chi connectivity index (χ2v) is 2.52. The molecular formula is C5H15N2O+. The summed E-state index contributed by atoms with van der Waals surface area (Å²) in [6.07, 6.45) is 0.263. The van der Waals surface area contributed by atoms with Crippen molar-refractivity contribution in [2.24, 2.45) is 5.84 Å². The molecule has 0 heterocycles. The molecule has 0 aliphatic heterocycles. The Morgan fingerprint density at radius 1 is 1.62 bits per heavy atom. The largest absolute Gasteiger partial charge is 0.343 e. The third-order valence-corrected chi connectivity index (χ3v) is 1.13. The highest BCUT2D eigenvalue weighted by Crippen LogP contribution is 1.97. The van der Waals surface area contributed by atoms with Crippen molar-refractivity contribution in [3.05, 3.63) is 0 Å². The Balaban J connectivity index is 3.62. The quantitative estimate of drug-likeness (QED) is 0.226. The van der Waals surface area contributed by atoms with Gasteiger partial charge in [0.2, 0.25) is 6.23 Å². The van der Waals surface area contributed by atoms with Crippen LogP contribution >= 0.6 is 0 Å². The SMILES string of the molecule is CCC(O)[N+](C)(C)N. The van der Waals surface area contributed by atoms with Crippen molar-refractivity contribution in [1.82, 2.24) is 0 Å². The zero-order valence-electron chi connectivity index (χ0n) is 5.76. The third-order valence-electron chi connectivity index (χ3n) is 1.13. The monoisotopic (exact) mass is 119 g/mol. The van der Waals surface area contributed by atoms with Crippen molar-refractivity contribution in [1.29, 1.82) is 0 Å². The van der Waals surface area contributed by atoms with Gasteiger partial charge in [0.15, 0.2) is 0 Å². The Morgan fingerprint density at radius 2 is 2.00 bits per heavy atom. The van der Waals surface area contributed by atoms with Crippen molar-refractivity contribution in [2.45, 2.75) is 19.6 Å². The number of nitrogens with zero attached hydrogens (tertiary/aromatic N) is 1. The van der Waals surface area contributed by atoms with Crippen molar-refractivity contribution in [3.8, 4) is 0 Å². The molecule has 0 aromatic carbocycles. The van der Waals surface area contributed by atoms with Gasteiger partial charge in [-0.2, -0.15) is 5.84 Å². The number of aliphatic hydroxyl groups is 1. The molecule has 0 fully saturated rings. The summed E-state index contributed by atoms with van der Waals surface area (Å²) in [7, 11) is 3.52. The van der Waals surface area contributed by atoms with E-state index in [1.165, 1.54) is 0 Å². The lowest BCUT2D eigenvalue weighted by atomic mass is 10.4. The van der Waals surface area contributed by atoms with Crippen LogP contribution in [0.2, 0.25) is 0 Å². The van der Waals surface area contributed by atoms with Gasteiger partial charge in [-0.1, -0.05) is 6.92 Å². The molecule has 3 N–H and O–H groups in total. The van der Waals surface area contributed by atoms with E-state index in [2.05, 4.69) is 0 Å².